The third-order valence-electron chi connectivity index (χ3n) is 10.2. The van der Waals surface area contributed by atoms with Gasteiger partial charge in [0.1, 0.15) is 11.2 Å². The van der Waals surface area contributed by atoms with E-state index in [-0.39, 0.29) is 0 Å². The van der Waals surface area contributed by atoms with Gasteiger partial charge in [-0.05, 0) is 92.3 Å². The van der Waals surface area contributed by atoms with Crippen LogP contribution in [0, 0.1) is 0 Å². The van der Waals surface area contributed by atoms with Crippen molar-refractivity contribution < 1.29 is 4.42 Å². The monoisotopic (exact) mass is 663 g/mol. The smallest absolute Gasteiger partial charge is 0.143 e. The highest BCUT2D eigenvalue weighted by Gasteiger charge is 2.17. The van der Waals surface area contributed by atoms with Gasteiger partial charge >= 0.3 is 0 Å². The van der Waals surface area contributed by atoms with Gasteiger partial charge in [-0.25, -0.2) is 0 Å². The van der Waals surface area contributed by atoms with E-state index < -0.39 is 0 Å². The lowest BCUT2D eigenvalue weighted by Crippen LogP contribution is -2.09. The fourth-order valence-corrected chi connectivity index (χ4v) is 7.75. The predicted molar refractivity (Wildman–Crippen MR) is 220 cm³/mol. The van der Waals surface area contributed by atoms with Crippen molar-refractivity contribution in [2.24, 2.45) is 0 Å². The van der Waals surface area contributed by atoms with Gasteiger partial charge in [-0.15, -0.1) is 0 Å². The molecule has 0 N–H and O–H groups in total. The quantitative estimate of drug-likeness (QED) is 0.176. The molecule has 2 heteroatoms. The lowest BCUT2D eigenvalue weighted by molar-refractivity contribution is 0.671. The molecule has 0 radical (unpaired) electrons. The number of para-hydroxylation sites is 4. The molecule has 0 atom stereocenters. The number of hydrogen-bond acceptors (Lipinski definition) is 2. The molecule has 0 saturated carbocycles. The molecule has 10 aromatic rings. The molecule has 0 aliphatic rings. The largest absolute Gasteiger partial charge is 0.455 e. The van der Waals surface area contributed by atoms with Crippen molar-refractivity contribution in [2.75, 3.05) is 4.90 Å². The number of rotatable bonds is 6. The topological polar surface area (TPSA) is 16.4 Å². The molecule has 0 spiro atoms. The fraction of sp³-hybridized carbons (Fsp3) is 0. The van der Waals surface area contributed by atoms with Crippen LogP contribution in [0.3, 0.4) is 0 Å². The van der Waals surface area contributed by atoms with Gasteiger partial charge < -0.3 is 9.32 Å². The maximum Gasteiger partial charge on any atom is 0.143 e. The Labute approximate surface area is 302 Å². The molecule has 1 heterocycles. The first-order valence-corrected chi connectivity index (χ1v) is 17.8. The van der Waals surface area contributed by atoms with E-state index in [0.717, 1.165) is 61.3 Å². The van der Waals surface area contributed by atoms with Crippen molar-refractivity contribution in [2.45, 2.75) is 0 Å². The Balaban J connectivity index is 1.06. The predicted octanol–water partition coefficient (Wildman–Crippen LogP) is 14.4. The maximum atomic E-state index is 6.89. The summed E-state index contributed by atoms with van der Waals surface area (Å²) in [6, 6.07) is 71.5. The average Bonchev–Trinajstić information content (AvgIpc) is 3.61. The van der Waals surface area contributed by atoms with Gasteiger partial charge in [0, 0.05) is 39.0 Å². The Bertz CT molecular complexity index is 2860. The summed E-state index contributed by atoms with van der Waals surface area (Å²) in [6.07, 6.45) is 0. The molecule has 0 aliphatic heterocycles. The van der Waals surface area contributed by atoms with E-state index in [0.29, 0.717) is 0 Å². The Morgan fingerprint density at radius 3 is 1.50 bits per heavy atom. The van der Waals surface area contributed by atoms with Crippen molar-refractivity contribution in [3.8, 4) is 33.4 Å². The van der Waals surface area contributed by atoms with E-state index in [4.69, 9.17) is 4.42 Å². The first kappa shape index (κ1) is 30.0. The summed E-state index contributed by atoms with van der Waals surface area (Å²) in [5.41, 5.74) is 12.1. The minimum Gasteiger partial charge on any atom is -0.455 e. The van der Waals surface area contributed by atoms with Crippen LogP contribution >= 0.6 is 0 Å². The molecular weight excluding hydrogens is 631 g/mol. The molecule has 52 heavy (non-hydrogen) atoms. The number of fused-ring (bicyclic) bond motifs is 5. The van der Waals surface area contributed by atoms with Crippen molar-refractivity contribution >= 4 is 60.5 Å². The van der Waals surface area contributed by atoms with Crippen molar-refractivity contribution in [3.63, 3.8) is 0 Å². The lowest BCUT2D eigenvalue weighted by Gasteiger charge is -2.25. The number of benzene rings is 9. The first-order chi connectivity index (χ1) is 25.8. The van der Waals surface area contributed by atoms with E-state index in [1.807, 2.05) is 0 Å². The summed E-state index contributed by atoms with van der Waals surface area (Å²) in [5.74, 6) is 0. The Kier molecular flexibility index (Phi) is 7.18. The van der Waals surface area contributed by atoms with E-state index in [2.05, 4.69) is 205 Å². The minimum atomic E-state index is 0.908. The van der Waals surface area contributed by atoms with Crippen LogP contribution in [0.25, 0.3) is 76.9 Å². The Morgan fingerprint density at radius 2 is 0.788 bits per heavy atom. The SMILES string of the molecule is c1ccc(N(c2ccccc2)c2ccc3cc(-c4cccc5c4oc4c(-c6cccc(-c7cccc8ccccc78)c6)cccc45)ccc3c2)cc1. The van der Waals surface area contributed by atoms with Crippen molar-refractivity contribution in [3.05, 3.63) is 200 Å². The molecule has 1 aromatic heterocycles. The summed E-state index contributed by atoms with van der Waals surface area (Å²) in [5, 5.41) is 7.11. The molecule has 0 unspecified atom stereocenters. The van der Waals surface area contributed by atoms with Crippen LogP contribution in [-0.4, -0.2) is 0 Å². The second-order valence-corrected chi connectivity index (χ2v) is 13.3. The summed E-state index contributed by atoms with van der Waals surface area (Å²) in [6.45, 7) is 0. The zero-order valence-electron chi connectivity index (χ0n) is 28.4. The second kappa shape index (κ2) is 12.5. The molecule has 0 fully saturated rings. The Hall–Kier alpha value is -6.90. The van der Waals surface area contributed by atoms with Crippen molar-refractivity contribution in [1.82, 2.24) is 0 Å². The molecule has 244 valence electrons. The zero-order chi connectivity index (χ0) is 34.4. The molecule has 2 nitrogen and oxygen atoms in total. The highest BCUT2D eigenvalue weighted by atomic mass is 16.3. The molecule has 0 saturated heterocycles. The van der Waals surface area contributed by atoms with Gasteiger partial charge in [-0.1, -0.05) is 152 Å². The normalized spacial score (nSPS) is 11.5. The summed E-state index contributed by atoms with van der Waals surface area (Å²) in [4.78, 5) is 2.30. The van der Waals surface area contributed by atoms with E-state index in [9.17, 15) is 0 Å². The fourth-order valence-electron chi connectivity index (χ4n) is 7.75. The van der Waals surface area contributed by atoms with Crippen molar-refractivity contribution in [1.29, 1.82) is 0 Å². The van der Waals surface area contributed by atoms with Gasteiger partial charge in [-0.3, -0.25) is 0 Å². The number of anilines is 3. The standard InChI is InChI=1S/C50H33NO/c1-3-17-40(18-4-1)51(41-19-5-2-6-20-41)42-30-29-35-31-39(28-27-36(35)33-42)46-24-12-26-48-47-25-11-23-45(49(47)52-50(46)48)38-16-9-15-37(32-38)44-22-10-14-34-13-7-8-21-43(34)44/h1-33H. The van der Waals surface area contributed by atoms with Crippen LogP contribution in [-0.2, 0) is 0 Å². The third-order valence-corrected chi connectivity index (χ3v) is 10.2. The van der Waals surface area contributed by atoms with Crippen LogP contribution in [0.1, 0.15) is 0 Å². The van der Waals surface area contributed by atoms with Gasteiger partial charge in [0.25, 0.3) is 0 Å². The van der Waals surface area contributed by atoms with Crippen LogP contribution in [0.4, 0.5) is 17.1 Å². The molecule has 0 bridgehead atoms. The summed E-state index contributed by atoms with van der Waals surface area (Å²) < 4.78 is 6.89. The highest BCUT2D eigenvalue weighted by molar-refractivity contribution is 6.13. The number of furan rings is 1. The van der Waals surface area contributed by atoms with Crippen LogP contribution < -0.4 is 4.90 Å². The zero-order valence-corrected chi connectivity index (χ0v) is 28.4. The van der Waals surface area contributed by atoms with Gasteiger partial charge in [0.15, 0.2) is 0 Å². The second-order valence-electron chi connectivity index (χ2n) is 13.3. The van der Waals surface area contributed by atoms with Crippen LogP contribution in [0.5, 0.6) is 0 Å². The van der Waals surface area contributed by atoms with E-state index >= 15 is 0 Å². The molecule has 9 aromatic carbocycles. The molecule has 10 rings (SSSR count). The third kappa shape index (κ3) is 5.12. The van der Waals surface area contributed by atoms with Crippen LogP contribution in [0.2, 0.25) is 0 Å². The molecule has 0 amide bonds. The number of hydrogen-bond donors (Lipinski definition) is 0. The first-order valence-electron chi connectivity index (χ1n) is 17.8. The van der Waals surface area contributed by atoms with Gasteiger partial charge in [0.2, 0.25) is 0 Å². The van der Waals surface area contributed by atoms with E-state index in [1.165, 1.54) is 32.7 Å². The lowest BCUT2D eigenvalue weighted by atomic mass is 9.94. The number of nitrogens with zero attached hydrogens (tertiary/aromatic N) is 1. The van der Waals surface area contributed by atoms with Gasteiger partial charge in [-0.2, -0.15) is 0 Å². The van der Waals surface area contributed by atoms with Gasteiger partial charge in [0.05, 0.1) is 0 Å². The summed E-state index contributed by atoms with van der Waals surface area (Å²) >= 11 is 0. The average molecular weight is 664 g/mol. The molecule has 0 aliphatic carbocycles. The highest BCUT2D eigenvalue weighted by Crippen LogP contribution is 2.42. The minimum absolute atomic E-state index is 0.908. The molecular formula is C50H33NO. The van der Waals surface area contributed by atoms with E-state index in [1.54, 1.807) is 0 Å². The maximum absolute atomic E-state index is 6.89. The summed E-state index contributed by atoms with van der Waals surface area (Å²) in [7, 11) is 0. The Morgan fingerprint density at radius 1 is 0.288 bits per heavy atom. The van der Waals surface area contributed by atoms with Crippen LogP contribution in [0.15, 0.2) is 205 Å².